The number of aliphatic hydroxyl groups is 3. The van der Waals surface area contributed by atoms with E-state index in [2.05, 4.69) is 18.4 Å². The summed E-state index contributed by atoms with van der Waals surface area (Å²) in [6, 6.07) is 0. The molecule has 1 fully saturated rings. The number of unbranched alkanes of at least 4 members (excludes halogenated alkanes) is 20. The third-order valence-corrected chi connectivity index (χ3v) is 11.5. The molecule has 13 heteroatoms. The smallest absolute Gasteiger partial charge is 0.462 e. The van der Waals surface area contributed by atoms with Gasteiger partial charge in [-0.2, -0.15) is 0 Å². The van der Waals surface area contributed by atoms with Crippen LogP contribution in [0.25, 0.3) is 0 Å². The van der Waals surface area contributed by atoms with Crippen LogP contribution in [0.5, 0.6) is 0 Å². The van der Waals surface area contributed by atoms with Crippen molar-refractivity contribution < 1.29 is 58.1 Å². The number of phosphoric acid groups is 1. The number of rotatable bonds is 38. The summed E-state index contributed by atoms with van der Waals surface area (Å²) in [6.07, 6.45) is 27.1. The second-order valence-corrected chi connectivity index (χ2v) is 17.6. The maximum atomic E-state index is 12.8. The molecule has 5 N–H and O–H groups in total. The molecule has 0 aromatic rings. The average molecular weight is 833 g/mol. The second-order valence-electron chi connectivity index (χ2n) is 16.4. The van der Waals surface area contributed by atoms with Gasteiger partial charge in [0.15, 0.2) is 6.10 Å². The lowest BCUT2D eigenvalue weighted by atomic mass is 9.87. The third kappa shape index (κ3) is 30.1. The number of hydrogen-bond donors (Lipinski definition) is 5. The normalized spacial score (nSPS) is 19.6. The highest BCUT2D eigenvalue weighted by molar-refractivity contribution is 7.46. The molecule has 1 aliphatic rings. The van der Waals surface area contributed by atoms with Gasteiger partial charge < -0.3 is 34.6 Å². The minimum absolute atomic E-state index is 0.0152. The Hall–Kier alpha value is -1.66. The molecule has 1 rings (SSSR count). The molecule has 0 bridgehead atoms. The number of esters is 2. The lowest BCUT2D eigenvalue weighted by Gasteiger charge is -2.20. The molecular formula is C44H81O12P. The molecule has 0 saturated heterocycles. The summed E-state index contributed by atoms with van der Waals surface area (Å²) < 4.78 is 26.3. The van der Waals surface area contributed by atoms with Crippen LogP contribution in [0.1, 0.15) is 200 Å². The highest BCUT2D eigenvalue weighted by Crippen LogP contribution is 2.37. The minimum atomic E-state index is -4.84. The van der Waals surface area contributed by atoms with Gasteiger partial charge in [0.05, 0.1) is 24.9 Å². The van der Waals surface area contributed by atoms with E-state index >= 15 is 0 Å². The monoisotopic (exact) mass is 833 g/mol. The van der Waals surface area contributed by atoms with Crippen molar-refractivity contribution >= 4 is 25.5 Å². The van der Waals surface area contributed by atoms with Crippen LogP contribution in [0.4, 0.5) is 0 Å². The summed E-state index contributed by atoms with van der Waals surface area (Å²) in [5.74, 6) is -2.15. The first-order chi connectivity index (χ1) is 27.4. The van der Waals surface area contributed by atoms with Crippen LogP contribution in [0.2, 0.25) is 0 Å². The molecular weight excluding hydrogens is 751 g/mol. The van der Waals surface area contributed by atoms with E-state index in [-0.39, 0.29) is 37.9 Å². The van der Waals surface area contributed by atoms with E-state index in [0.29, 0.717) is 25.7 Å². The summed E-state index contributed by atoms with van der Waals surface area (Å²) in [5.41, 5.74) is 0. The first-order valence-electron chi connectivity index (χ1n) is 22.7. The van der Waals surface area contributed by atoms with Crippen molar-refractivity contribution in [3.05, 3.63) is 12.2 Å². The van der Waals surface area contributed by atoms with Crippen molar-refractivity contribution in [2.45, 2.75) is 224 Å². The predicted molar refractivity (Wildman–Crippen MR) is 223 cm³/mol. The molecule has 1 aliphatic carbocycles. The van der Waals surface area contributed by atoms with E-state index in [1.54, 1.807) is 12.2 Å². The topological polar surface area (TPSA) is 197 Å². The standard InChI is InChI=1S/C44H81O12P/c1-3-5-7-8-9-10-11-12-13-14-15-16-17-18-19-20-21-23-29-44(50)56-38(35-55-57(51,52)53)34-54-43(49)28-25-24-27-37(46)32-40-39(41(47)33-42(40)48)31-30-36(45)26-22-6-4-2/h30-31,36,38-42,45,47-48H,3-29,32-35H2,1-2H3,(H2,51,52,53)/b31-30+/t36-,38+,39+,40+,41+,42-/m0/s1. The fourth-order valence-corrected chi connectivity index (χ4v) is 7.91. The molecule has 0 spiro atoms. The summed E-state index contributed by atoms with van der Waals surface area (Å²) in [7, 11) is -4.84. The van der Waals surface area contributed by atoms with Crippen molar-refractivity contribution in [2.24, 2.45) is 11.8 Å². The second kappa shape index (κ2) is 34.1. The molecule has 0 radical (unpaired) electrons. The van der Waals surface area contributed by atoms with E-state index in [1.807, 2.05) is 0 Å². The van der Waals surface area contributed by atoms with Gasteiger partial charge in [0.25, 0.3) is 0 Å². The molecule has 0 amide bonds. The Bertz CT molecular complexity index is 1110. The number of ketones is 1. The van der Waals surface area contributed by atoms with E-state index in [9.17, 15) is 34.3 Å². The van der Waals surface area contributed by atoms with Crippen LogP contribution < -0.4 is 0 Å². The zero-order valence-electron chi connectivity index (χ0n) is 35.6. The van der Waals surface area contributed by atoms with Gasteiger partial charge in [0.1, 0.15) is 12.4 Å². The van der Waals surface area contributed by atoms with Crippen LogP contribution >= 0.6 is 7.82 Å². The number of aliphatic hydroxyl groups excluding tert-OH is 3. The van der Waals surface area contributed by atoms with Crippen LogP contribution in [0.3, 0.4) is 0 Å². The van der Waals surface area contributed by atoms with Crippen LogP contribution in [0.15, 0.2) is 12.2 Å². The van der Waals surface area contributed by atoms with E-state index in [1.165, 1.54) is 89.9 Å². The zero-order chi connectivity index (χ0) is 42.2. The quantitative estimate of drug-likeness (QED) is 0.0171. The molecule has 6 atom stereocenters. The van der Waals surface area contributed by atoms with Gasteiger partial charge >= 0.3 is 19.8 Å². The summed E-state index contributed by atoms with van der Waals surface area (Å²) in [4.78, 5) is 55.9. The zero-order valence-corrected chi connectivity index (χ0v) is 36.5. The lowest BCUT2D eigenvalue weighted by molar-refractivity contribution is -0.161. The summed E-state index contributed by atoms with van der Waals surface area (Å²) in [6.45, 7) is 3.28. The highest BCUT2D eigenvalue weighted by atomic mass is 31.2. The number of carbonyl (C=O) groups is 3. The minimum Gasteiger partial charge on any atom is -0.462 e. The largest absolute Gasteiger partial charge is 0.469 e. The first-order valence-corrected chi connectivity index (χ1v) is 24.2. The molecule has 0 aromatic heterocycles. The van der Waals surface area contributed by atoms with Crippen molar-refractivity contribution in [3.8, 4) is 0 Å². The number of phosphoric ester groups is 1. The highest BCUT2D eigenvalue weighted by Gasteiger charge is 2.41. The Morgan fingerprint density at radius 1 is 0.649 bits per heavy atom. The van der Waals surface area contributed by atoms with Crippen molar-refractivity contribution in [1.29, 1.82) is 0 Å². The van der Waals surface area contributed by atoms with Crippen molar-refractivity contribution in [1.82, 2.24) is 0 Å². The maximum absolute atomic E-state index is 12.8. The first kappa shape index (κ1) is 53.4. The number of ether oxygens (including phenoxy) is 2. The molecule has 1 saturated carbocycles. The Kier molecular flexibility index (Phi) is 31.9. The lowest BCUT2D eigenvalue weighted by Crippen LogP contribution is -2.29. The fraction of sp³-hybridized carbons (Fsp3) is 0.886. The van der Waals surface area contributed by atoms with Crippen molar-refractivity contribution in [3.63, 3.8) is 0 Å². The average Bonchev–Trinajstić information content (AvgIpc) is 3.42. The van der Waals surface area contributed by atoms with E-state index < -0.39 is 69.2 Å². The van der Waals surface area contributed by atoms with Gasteiger partial charge in [-0.3, -0.25) is 18.9 Å². The third-order valence-electron chi connectivity index (χ3n) is 11.0. The van der Waals surface area contributed by atoms with Gasteiger partial charge in [0, 0.05) is 43.9 Å². The van der Waals surface area contributed by atoms with Crippen LogP contribution in [0, 0.1) is 11.8 Å². The fourth-order valence-electron chi connectivity index (χ4n) is 7.55. The molecule has 57 heavy (non-hydrogen) atoms. The van der Waals surface area contributed by atoms with Gasteiger partial charge in [-0.15, -0.1) is 0 Å². The molecule has 0 heterocycles. The molecule has 12 nitrogen and oxygen atoms in total. The maximum Gasteiger partial charge on any atom is 0.469 e. The SMILES string of the molecule is CCCCCCCCCCCCCCCCCCCCC(=O)O[C@H](COC(=O)CCCCC(=O)C[C@@H]1[C@@H](/C=C/[C@@H](O)CCCCC)[C@H](O)C[C@@H]1O)COP(=O)(O)O. The Morgan fingerprint density at radius 2 is 1.12 bits per heavy atom. The molecule has 0 unspecified atom stereocenters. The molecule has 334 valence electrons. The van der Waals surface area contributed by atoms with Crippen LogP contribution in [-0.2, 0) is 32.9 Å². The van der Waals surface area contributed by atoms with Gasteiger partial charge in [-0.05, 0) is 25.7 Å². The number of Topliss-reactive ketones (excluding diaryl/α,β-unsaturated/α-hetero) is 1. The van der Waals surface area contributed by atoms with Crippen molar-refractivity contribution in [2.75, 3.05) is 13.2 Å². The Balaban J connectivity index is 2.25. The van der Waals surface area contributed by atoms with Gasteiger partial charge in [-0.1, -0.05) is 154 Å². The molecule has 0 aromatic carbocycles. The van der Waals surface area contributed by atoms with E-state index in [0.717, 1.165) is 38.5 Å². The predicted octanol–water partition coefficient (Wildman–Crippen LogP) is 9.36. The Labute approximate surface area is 344 Å². The van der Waals surface area contributed by atoms with Gasteiger partial charge in [0.2, 0.25) is 0 Å². The van der Waals surface area contributed by atoms with Crippen LogP contribution in [-0.4, -0.2) is 80.5 Å². The van der Waals surface area contributed by atoms with Gasteiger partial charge in [-0.25, -0.2) is 4.57 Å². The number of carbonyl (C=O) groups excluding carboxylic acids is 3. The molecule has 0 aliphatic heterocycles. The van der Waals surface area contributed by atoms with E-state index in [4.69, 9.17) is 19.3 Å². The summed E-state index contributed by atoms with van der Waals surface area (Å²) >= 11 is 0. The number of hydrogen-bond acceptors (Lipinski definition) is 10. The Morgan fingerprint density at radius 3 is 1.67 bits per heavy atom. The summed E-state index contributed by atoms with van der Waals surface area (Å²) in [5, 5.41) is 31.2.